The van der Waals surface area contributed by atoms with Gasteiger partial charge in [0, 0.05) is 46.2 Å². The number of likely N-dealkylation sites (tertiary alicyclic amines) is 1. The van der Waals surface area contributed by atoms with Crippen molar-refractivity contribution in [2.75, 3.05) is 32.1 Å². The van der Waals surface area contributed by atoms with Gasteiger partial charge in [-0.3, -0.25) is 24.1 Å². The number of benzene rings is 3. The maximum atomic E-state index is 13.4. The minimum atomic E-state index is -1.75. The van der Waals surface area contributed by atoms with Crippen LogP contribution in [0.25, 0.3) is 11.1 Å². The number of amides is 3. The smallest absolute Gasteiger partial charge is 0.411 e. The van der Waals surface area contributed by atoms with Crippen molar-refractivity contribution in [2.24, 2.45) is 0 Å². The Kier molecular flexibility index (Phi) is 14.9. The first-order valence-corrected chi connectivity index (χ1v) is 20.2. The van der Waals surface area contributed by atoms with E-state index in [0.717, 1.165) is 56.6 Å². The normalized spacial score (nSPS) is 21.3. The van der Waals surface area contributed by atoms with E-state index in [2.05, 4.69) is 10.6 Å². The third kappa shape index (κ3) is 10.9. The highest BCUT2D eigenvalue weighted by atomic mass is 35.5. The number of halogens is 1. The van der Waals surface area contributed by atoms with Crippen molar-refractivity contribution in [3.8, 4) is 16.9 Å². The van der Waals surface area contributed by atoms with Gasteiger partial charge in [0.25, 0.3) is 0 Å². The second-order valence-corrected chi connectivity index (χ2v) is 15.0. The summed E-state index contributed by atoms with van der Waals surface area (Å²) in [5.74, 6) is -4.58. The fourth-order valence-corrected chi connectivity index (χ4v) is 7.80. The van der Waals surface area contributed by atoms with Gasteiger partial charge in [0.05, 0.1) is 12.8 Å². The Morgan fingerprint density at radius 1 is 0.806 bits per heavy atom. The fourth-order valence-electron chi connectivity index (χ4n) is 7.47. The molecule has 3 aliphatic rings. The molecule has 2 aliphatic heterocycles. The van der Waals surface area contributed by atoms with Gasteiger partial charge < -0.3 is 48.5 Å². The van der Waals surface area contributed by atoms with E-state index in [-0.39, 0.29) is 43.5 Å². The zero-order valence-corrected chi connectivity index (χ0v) is 35.0. The van der Waals surface area contributed by atoms with E-state index in [1.165, 1.54) is 23.1 Å². The van der Waals surface area contributed by atoms with Crippen LogP contribution in [-0.2, 0) is 63.7 Å². The first-order valence-electron chi connectivity index (χ1n) is 19.7. The van der Waals surface area contributed by atoms with Crippen LogP contribution in [0.5, 0.6) is 5.75 Å². The van der Waals surface area contributed by atoms with Gasteiger partial charge in [-0.05, 0) is 52.8 Å². The average Bonchev–Trinajstić information content (AvgIpc) is 3.81. The number of rotatable bonds is 14. The van der Waals surface area contributed by atoms with Crippen molar-refractivity contribution in [3.63, 3.8) is 0 Å². The molecular weight excluding hydrogens is 834 g/mol. The molecule has 2 heterocycles. The Morgan fingerprint density at radius 3 is 2.05 bits per heavy atom. The summed E-state index contributed by atoms with van der Waals surface area (Å²) in [5.41, 5.74) is 4.10. The van der Waals surface area contributed by atoms with E-state index < -0.39 is 78.2 Å². The quantitative estimate of drug-likeness (QED) is 0.0950. The maximum Gasteiger partial charge on any atom is 0.411 e. The molecule has 3 aromatic rings. The number of nitrogens with one attached hydrogen (secondary N) is 2. The van der Waals surface area contributed by atoms with Gasteiger partial charge in [0.1, 0.15) is 24.5 Å². The number of methoxy groups -OCH3 is 1. The number of carbonyl (C=O) groups is 7. The molecule has 62 heavy (non-hydrogen) atoms. The van der Waals surface area contributed by atoms with E-state index in [9.17, 15) is 33.6 Å². The number of nitrogens with zero attached hydrogens (tertiary/aromatic N) is 1. The number of hydrogen-bond donors (Lipinski definition) is 2. The maximum absolute atomic E-state index is 13.4. The Labute approximate surface area is 361 Å². The summed E-state index contributed by atoms with van der Waals surface area (Å²) in [6.07, 6.45) is -8.70. The van der Waals surface area contributed by atoms with Crippen molar-refractivity contribution in [1.82, 2.24) is 10.2 Å². The predicted octanol–water partition coefficient (Wildman–Crippen LogP) is 4.92. The van der Waals surface area contributed by atoms with Crippen LogP contribution in [0.4, 0.5) is 15.3 Å². The highest BCUT2D eigenvalue weighted by molar-refractivity contribution is 6.21. The molecule has 2 unspecified atom stereocenters. The molecule has 19 heteroatoms. The first-order chi connectivity index (χ1) is 29.7. The zero-order valence-electron chi connectivity index (χ0n) is 34.3. The second kappa shape index (κ2) is 20.4. The van der Waals surface area contributed by atoms with Crippen LogP contribution in [-0.4, -0.2) is 110 Å². The van der Waals surface area contributed by atoms with Gasteiger partial charge in [0.2, 0.25) is 18.3 Å². The molecule has 6 atom stereocenters. The molecule has 3 aromatic carbocycles. The molecule has 0 radical (unpaired) electrons. The Hall–Kier alpha value is -6.40. The molecule has 2 N–H and O–H groups in total. The largest absolute Gasteiger partial charge is 0.467 e. The van der Waals surface area contributed by atoms with Gasteiger partial charge in [-0.2, -0.15) is 0 Å². The van der Waals surface area contributed by atoms with Crippen LogP contribution < -0.4 is 15.4 Å². The van der Waals surface area contributed by atoms with Gasteiger partial charge in [0.15, 0.2) is 18.3 Å². The SMILES string of the molecule is COC(=O)[C@H]1OC(Oc2ccc(COC(=O)N3CCCC3Cl)cc2NC(=O)CCNC(=O)OCC2c3ccccc3-c3ccccc32)[C@H](OC(C)=O)[C@@H](OC(C)=O)[C@@H]1OC(C)=O. The molecule has 6 rings (SSSR count). The Balaban J connectivity index is 1.18. The van der Waals surface area contributed by atoms with Gasteiger partial charge in [-0.25, -0.2) is 14.4 Å². The summed E-state index contributed by atoms with van der Waals surface area (Å²) in [4.78, 5) is 90.2. The summed E-state index contributed by atoms with van der Waals surface area (Å²) in [6.45, 7) is 3.27. The lowest BCUT2D eigenvalue weighted by atomic mass is 9.97. The van der Waals surface area contributed by atoms with E-state index in [4.69, 9.17) is 49.5 Å². The number of hydrogen-bond acceptors (Lipinski definition) is 15. The van der Waals surface area contributed by atoms with Crippen molar-refractivity contribution >= 4 is 59.3 Å². The lowest BCUT2D eigenvalue weighted by molar-refractivity contribution is -0.282. The molecule has 0 aromatic heterocycles. The van der Waals surface area contributed by atoms with Crippen LogP contribution in [0.15, 0.2) is 66.7 Å². The van der Waals surface area contributed by atoms with Gasteiger partial charge >= 0.3 is 36.1 Å². The lowest BCUT2D eigenvalue weighted by Gasteiger charge is -2.43. The Morgan fingerprint density at radius 2 is 1.44 bits per heavy atom. The van der Waals surface area contributed by atoms with E-state index in [0.29, 0.717) is 18.5 Å². The van der Waals surface area contributed by atoms with Gasteiger partial charge in [-0.1, -0.05) is 66.2 Å². The monoisotopic (exact) mass is 879 g/mol. The molecular formula is C43H46ClN3O15. The van der Waals surface area contributed by atoms with Crippen LogP contribution >= 0.6 is 11.6 Å². The van der Waals surface area contributed by atoms with Crippen LogP contribution in [0.1, 0.15) is 62.6 Å². The summed E-state index contributed by atoms with van der Waals surface area (Å²) >= 11 is 6.25. The van der Waals surface area contributed by atoms with E-state index in [1.54, 1.807) is 0 Å². The lowest BCUT2D eigenvalue weighted by Crippen LogP contribution is -2.64. The molecule has 1 aliphatic carbocycles. The minimum absolute atomic E-state index is 0.00739. The number of alkyl halides is 1. The van der Waals surface area contributed by atoms with Gasteiger partial charge in [-0.15, -0.1) is 0 Å². The molecule has 330 valence electrons. The third-order valence-corrected chi connectivity index (χ3v) is 10.6. The van der Waals surface area contributed by atoms with E-state index >= 15 is 0 Å². The Bertz CT molecular complexity index is 2140. The third-order valence-electron chi connectivity index (χ3n) is 10.1. The van der Waals surface area contributed by atoms with Crippen molar-refractivity contribution < 1.29 is 71.5 Å². The summed E-state index contributed by atoms with van der Waals surface area (Å²) in [5, 5.41) is 5.30. The summed E-state index contributed by atoms with van der Waals surface area (Å²) in [7, 11) is 1.05. The van der Waals surface area contributed by atoms with Crippen molar-refractivity contribution in [2.45, 2.75) is 88.8 Å². The number of ether oxygens (including phenoxy) is 8. The molecule has 0 bridgehead atoms. The zero-order chi connectivity index (χ0) is 44.5. The summed E-state index contributed by atoms with van der Waals surface area (Å²) in [6, 6.07) is 20.1. The highest BCUT2D eigenvalue weighted by Gasteiger charge is 2.56. The average molecular weight is 880 g/mol. The number of esters is 4. The molecule has 2 saturated heterocycles. The molecule has 2 fully saturated rings. The molecule has 18 nitrogen and oxygen atoms in total. The first kappa shape index (κ1) is 45.1. The molecule has 0 spiro atoms. The van der Waals surface area contributed by atoms with Crippen LogP contribution in [0.2, 0.25) is 0 Å². The topological polar surface area (TPSA) is 221 Å². The fraction of sp³-hybridized carbons (Fsp3) is 0.419. The standard InChI is InChI=1S/C43H46ClN3O15/c1-23(48)58-36-37(59-24(2)49)39(60-25(3)50)41(62-38(36)40(52)55-4)61-33-16-15-26(21-57-43(54)47-19-9-14-34(47)44)20-32(33)46-35(51)17-18-45-42(53)56-22-31-29-12-7-5-10-27(29)28-11-6-8-13-30(28)31/h5-8,10-13,15-16,20,31,34,36-39,41H,9,14,17-19,21-22H2,1-4H3,(H,45,53)(H,46,51)/t34?,36-,37-,38-,39+,41?/m0/s1. The van der Waals surface area contributed by atoms with E-state index in [1.807, 2.05) is 48.5 Å². The number of anilines is 1. The minimum Gasteiger partial charge on any atom is -0.467 e. The number of alkyl carbamates (subject to hydrolysis) is 1. The molecule has 3 amide bonds. The van der Waals surface area contributed by atoms with Crippen LogP contribution in [0, 0.1) is 0 Å². The highest BCUT2D eigenvalue weighted by Crippen LogP contribution is 2.44. The summed E-state index contributed by atoms with van der Waals surface area (Å²) < 4.78 is 44.2. The van der Waals surface area contributed by atoms with Crippen molar-refractivity contribution in [1.29, 1.82) is 0 Å². The second-order valence-electron chi connectivity index (χ2n) is 14.5. The van der Waals surface area contributed by atoms with Crippen molar-refractivity contribution in [3.05, 3.63) is 83.4 Å². The molecule has 0 saturated carbocycles. The van der Waals surface area contributed by atoms with Crippen LogP contribution in [0.3, 0.4) is 0 Å². The number of carbonyl (C=O) groups excluding carboxylic acids is 7. The number of fused-ring (bicyclic) bond motifs is 3. The predicted molar refractivity (Wildman–Crippen MR) is 216 cm³/mol.